The van der Waals surface area contributed by atoms with Crippen LogP contribution in [0, 0.1) is 0 Å². The van der Waals surface area contributed by atoms with Gasteiger partial charge in [-0.15, -0.1) is 0 Å². The molecule has 2 N–H and O–H groups in total. The number of rotatable bonds is 2. The second-order valence-corrected chi connectivity index (χ2v) is 2.47. The Bertz CT molecular complexity index is 196. The van der Waals surface area contributed by atoms with Crippen LogP contribution in [0.3, 0.4) is 0 Å². The van der Waals surface area contributed by atoms with Crippen LogP contribution in [0.4, 0.5) is 0 Å². The quantitative estimate of drug-likeness (QED) is 0.589. The summed E-state index contributed by atoms with van der Waals surface area (Å²) in [6.07, 6.45) is 4.77. The molecule has 1 atom stereocenters. The van der Waals surface area contributed by atoms with Crippen LogP contribution in [0.15, 0.2) is 24.0 Å². The largest absolute Gasteiger partial charge is 0.512 e. The van der Waals surface area contributed by atoms with Gasteiger partial charge in [0.25, 0.3) is 0 Å². The van der Waals surface area contributed by atoms with Gasteiger partial charge in [0.1, 0.15) is 0 Å². The number of hydrogen-bond acceptors (Lipinski definition) is 3. The predicted molar refractivity (Wildman–Crippen MR) is 41.0 cm³/mol. The monoisotopic (exact) mass is 156 g/mol. The van der Waals surface area contributed by atoms with Gasteiger partial charge in [0.05, 0.1) is 12.2 Å². The lowest BCUT2D eigenvalue weighted by Gasteiger charge is -2.25. The molecule has 0 spiro atoms. The molecule has 0 aliphatic heterocycles. The molecule has 3 nitrogen and oxygen atoms in total. The molecule has 0 saturated heterocycles. The van der Waals surface area contributed by atoms with E-state index in [1.165, 1.54) is 12.2 Å². The minimum atomic E-state index is -1.30. The number of aliphatic hydroxyl groups is 2. The standard InChI is InChI=1S/C8H12O3/c1-2-11-8(10)5-3-4-7(9)6-8/h3-5,9-10H,2,6H2,1H3. The summed E-state index contributed by atoms with van der Waals surface area (Å²) in [5, 5.41) is 18.6. The van der Waals surface area contributed by atoms with Crippen molar-refractivity contribution in [3.63, 3.8) is 0 Å². The van der Waals surface area contributed by atoms with E-state index < -0.39 is 5.79 Å². The Balaban J connectivity index is 2.62. The maximum absolute atomic E-state index is 9.53. The number of allylic oxidation sites excluding steroid dienone is 2. The lowest BCUT2D eigenvalue weighted by Crippen LogP contribution is -2.31. The van der Waals surface area contributed by atoms with Crippen molar-refractivity contribution in [1.29, 1.82) is 0 Å². The Morgan fingerprint density at radius 1 is 1.73 bits per heavy atom. The van der Waals surface area contributed by atoms with Gasteiger partial charge in [-0.25, -0.2) is 0 Å². The van der Waals surface area contributed by atoms with Crippen molar-refractivity contribution < 1.29 is 14.9 Å². The van der Waals surface area contributed by atoms with E-state index in [1.54, 1.807) is 13.0 Å². The van der Waals surface area contributed by atoms with Crippen molar-refractivity contribution in [2.24, 2.45) is 0 Å². The Morgan fingerprint density at radius 3 is 3.00 bits per heavy atom. The fourth-order valence-corrected chi connectivity index (χ4v) is 1.04. The van der Waals surface area contributed by atoms with Crippen LogP contribution in [-0.4, -0.2) is 22.6 Å². The lowest BCUT2D eigenvalue weighted by molar-refractivity contribution is -0.166. The van der Waals surface area contributed by atoms with Crippen LogP contribution >= 0.6 is 0 Å². The fraction of sp³-hybridized carbons (Fsp3) is 0.500. The Hall–Kier alpha value is -0.800. The Kier molecular flexibility index (Phi) is 2.31. The zero-order chi connectivity index (χ0) is 8.32. The highest BCUT2D eigenvalue weighted by atomic mass is 16.6. The summed E-state index contributed by atoms with van der Waals surface area (Å²) in [6.45, 7) is 2.22. The summed E-state index contributed by atoms with van der Waals surface area (Å²) in [5.74, 6) is -1.16. The third-order valence-corrected chi connectivity index (χ3v) is 1.47. The van der Waals surface area contributed by atoms with Crippen molar-refractivity contribution in [3.05, 3.63) is 24.0 Å². The van der Waals surface area contributed by atoms with Gasteiger partial charge in [-0.1, -0.05) is 6.08 Å². The first kappa shape index (κ1) is 8.30. The zero-order valence-electron chi connectivity index (χ0n) is 6.45. The highest BCUT2D eigenvalue weighted by molar-refractivity contribution is 5.18. The minimum Gasteiger partial charge on any atom is -0.512 e. The first-order chi connectivity index (χ1) is 5.16. The fourth-order valence-electron chi connectivity index (χ4n) is 1.04. The van der Waals surface area contributed by atoms with E-state index in [2.05, 4.69) is 0 Å². The molecule has 0 aromatic carbocycles. The van der Waals surface area contributed by atoms with Gasteiger partial charge in [0.15, 0.2) is 5.79 Å². The average molecular weight is 156 g/mol. The molecule has 0 fully saturated rings. The van der Waals surface area contributed by atoms with Crippen LogP contribution in [0.1, 0.15) is 13.3 Å². The molecule has 3 heteroatoms. The normalized spacial score (nSPS) is 30.2. The second kappa shape index (κ2) is 3.07. The van der Waals surface area contributed by atoms with E-state index >= 15 is 0 Å². The summed E-state index contributed by atoms with van der Waals surface area (Å²) < 4.78 is 5.01. The summed E-state index contributed by atoms with van der Waals surface area (Å²) in [5.41, 5.74) is 0. The Labute approximate surface area is 65.6 Å². The molecule has 0 amide bonds. The molecule has 1 rings (SSSR count). The number of ether oxygens (including phenoxy) is 1. The number of hydrogen-bond donors (Lipinski definition) is 2. The molecule has 1 unspecified atom stereocenters. The first-order valence-corrected chi connectivity index (χ1v) is 3.60. The second-order valence-electron chi connectivity index (χ2n) is 2.47. The van der Waals surface area contributed by atoms with Gasteiger partial charge in [0.2, 0.25) is 0 Å². The summed E-state index contributed by atoms with van der Waals surface area (Å²) in [4.78, 5) is 0. The highest BCUT2D eigenvalue weighted by Crippen LogP contribution is 2.22. The van der Waals surface area contributed by atoms with Crippen LogP contribution in [0.2, 0.25) is 0 Å². The van der Waals surface area contributed by atoms with Gasteiger partial charge in [-0.3, -0.25) is 0 Å². The van der Waals surface area contributed by atoms with E-state index in [4.69, 9.17) is 9.84 Å². The van der Waals surface area contributed by atoms with Gasteiger partial charge >= 0.3 is 0 Å². The van der Waals surface area contributed by atoms with E-state index in [0.717, 1.165) is 0 Å². The molecule has 0 bridgehead atoms. The van der Waals surface area contributed by atoms with Gasteiger partial charge in [0, 0.05) is 6.61 Å². The first-order valence-electron chi connectivity index (χ1n) is 3.60. The van der Waals surface area contributed by atoms with Gasteiger partial charge < -0.3 is 14.9 Å². The SMILES string of the molecule is CCOC1(O)C=CC=C(O)C1. The van der Waals surface area contributed by atoms with Crippen LogP contribution in [0.25, 0.3) is 0 Å². The Morgan fingerprint density at radius 2 is 2.45 bits per heavy atom. The molecule has 11 heavy (non-hydrogen) atoms. The maximum atomic E-state index is 9.53. The van der Waals surface area contributed by atoms with E-state index in [9.17, 15) is 5.11 Å². The van der Waals surface area contributed by atoms with Gasteiger partial charge in [-0.2, -0.15) is 0 Å². The summed E-state index contributed by atoms with van der Waals surface area (Å²) >= 11 is 0. The maximum Gasteiger partial charge on any atom is 0.192 e. The topological polar surface area (TPSA) is 49.7 Å². The average Bonchev–Trinajstić information content (AvgIpc) is 1.86. The van der Waals surface area contributed by atoms with Gasteiger partial charge in [-0.05, 0) is 19.1 Å². The highest BCUT2D eigenvalue weighted by Gasteiger charge is 2.26. The number of aliphatic hydroxyl groups excluding tert-OH is 1. The molecule has 1 aliphatic rings. The molecule has 0 saturated carbocycles. The molecule has 0 heterocycles. The van der Waals surface area contributed by atoms with Crippen LogP contribution < -0.4 is 0 Å². The smallest absolute Gasteiger partial charge is 0.192 e. The summed E-state index contributed by atoms with van der Waals surface area (Å²) in [7, 11) is 0. The van der Waals surface area contributed by atoms with Crippen molar-refractivity contribution >= 4 is 0 Å². The third-order valence-electron chi connectivity index (χ3n) is 1.47. The molecule has 0 aromatic rings. The van der Waals surface area contributed by atoms with E-state index in [0.29, 0.717) is 6.61 Å². The molecule has 1 aliphatic carbocycles. The van der Waals surface area contributed by atoms with Crippen molar-refractivity contribution in [2.45, 2.75) is 19.1 Å². The molecule has 0 aromatic heterocycles. The predicted octanol–water partition coefficient (Wildman–Crippen LogP) is 1.11. The van der Waals surface area contributed by atoms with Crippen molar-refractivity contribution in [3.8, 4) is 0 Å². The lowest BCUT2D eigenvalue weighted by atomic mass is 10.1. The molecule has 62 valence electrons. The minimum absolute atomic E-state index is 0.136. The molecule has 0 radical (unpaired) electrons. The van der Waals surface area contributed by atoms with Crippen LogP contribution in [0.5, 0.6) is 0 Å². The molecular formula is C8H12O3. The van der Waals surface area contributed by atoms with Crippen molar-refractivity contribution in [2.75, 3.05) is 6.61 Å². The van der Waals surface area contributed by atoms with E-state index in [-0.39, 0.29) is 12.2 Å². The summed E-state index contributed by atoms with van der Waals surface area (Å²) in [6, 6.07) is 0. The van der Waals surface area contributed by atoms with E-state index in [1.807, 2.05) is 0 Å². The third kappa shape index (κ3) is 2.06. The van der Waals surface area contributed by atoms with Crippen molar-refractivity contribution in [1.82, 2.24) is 0 Å². The molecular weight excluding hydrogens is 144 g/mol. The zero-order valence-corrected chi connectivity index (χ0v) is 6.45. The van der Waals surface area contributed by atoms with Crippen LogP contribution in [-0.2, 0) is 4.74 Å².